The first-order valence-corrected chi connectivity index (χ1v) is 10.8. The number of halogens is 3. The summed E-state index contributed by atoms with van der Waals surface area (Å²) in [7, 11) is 0. The van der Waals surface area contributed by atoms with Crippen molar-refractivity contribution >= 4 is 29.9 Å². The number of rotatable bonds is 8. The zero-order valence-corrected chi connectivity index (χ0v) is 20.9. The molecule has 2 N–H and O–H groups in total. The van der Waals surface area contributed by atoms with Crippen molar-refractivity contribution in [1.29, 1.82) is 0 Å². The highest BCUT2D eigenvalue weighted by molar-refractivity contribution is 14.0. The van der Waals surface area contributed by atoms with E-state index in [0.29, 0.717) is 31.2 Å². The van der Waals surface area contributed by atoms with Gasteiger partial charge < -0.3 is 20.1 Å². The average Bonchev–Trinajstić information content (AvgIpc) is 2.79. The molecule has 0 saturated carbocycles. The molecule has 1 aliphatic heterocycles. The Morgan fingerprint density at radius 2 is 1.88 bits per heavy atom. The van der Waals surface area contributed by atoms with Gasteiger partial charge in [0.05, 0.1) is 25.3 Å². The lowest BCUT2D eigenvalue weighted by molar-refractivity contribution is -0.0390. The molecule has 2 aromatic carbocycles. The summed E-state index contributed by atoms with van der Waals surface area (Å²) in [6.07, 6.45) is 2.15. The summed E-state index contributed by atoms with van der Waals surface area (Å²) in [5.41, 5.74) is 2.84. The Hall–Kier alpha value is -1.78. The maximum absolute atomic E-state index is 13.5. The van der Waals surface area contributed by atoms with E-state index in [1.54, 1.807) is 6.07 Å². The van der Waals surface area contributed by atoms with Crippen LogP contribution in [0.25, 0.3) is 0 Å². The molecule has 8 heteroatoms. The third-order valence-electron chi connectivity index (χ3n) is 5.21. The number of aliphatic imine (C=N–C) groups is 1. The van der Waals surface area contributed by atoms with Crippen molar-refractivity contribution < 1.29 is 18.3 Å². The Morgan fingerprint density at radius 1 is 1.12 bits per heavy atom. The topological polar surface area (TPSA) is 54.9 Å². The zero-order valence-electron chi connectivity index (χ0n) is 18.6. The highest BCUT2D eigenvalue weighted by atomic mass is 127. The third-order valence-corrected chi connectivity index (χ3v) is 5.21. The third kappa shape index (κ3) is 8.29. The van der Waals surface area contributed by atoms with Gasteiger partial charge in [0.1, 0.15) is 0 Å². The molecular formula is C24H32F2IN3O2. The van der Waals surface area contributed by atoms with Crippen molar-refractivity contribution in [2.45, 2.75) is 52.0 Å². The fraction of sp³-hybridized carbons (Fsp3) is 0.458. The van der Waals surface area contributed by atoms with Gasteiger partial charge in [0.25, 0.3) is 0 Å². The molecule has 0 spiro atoms. The van der Waals surface area contributed by atoms with Crippen LogP contribution < -0.4 is 10.6 Å². The number of ether oxygens (including phenoxy) is 2. The maximum atomic E-state index is 13.5. The van der Waals surface area contributed by atoms with Crippen LogP contribution in [0.3, 0.4) is 0 Å². The predicted octanol–water partition coefficient (Wildman–Crippen LogP) is 5.09. The molecular weight excluding hydrogens is 527 g/mol. The highest BCUT2D eigenvalue weighted by Gasteiger charge is 2.14. The number of nitrogens with one attached hydrogen (secondary N) is 2. The largest absolute Gasteiger partial charge is 0.381 e. The number of hydrogen-bond acceptors (Lipinski definition) is 3. The minimum absolute atomic E-state index is 0. The Balaban J connectivity index is 0.00000363. The summed E-state index contributed by atoms with van der Waals surface area (Å²) in [5.74, 6) is -1.09. The number of hydrogen-bond donors (Lipinski definition) is 2. The van der Waals surface area contributed by atoms with Crippen LogP contribution in [-0.4, -0.2) is 31.8 Å². The lowest BCUT2D eigenvalue weighted by atomic mass is 10.1. The monoisotopic (exact) mass is 559 g/mol. The molecule has 1 aliphatic rings. The summed E-state index contributed by atoms with van der Waals surface area (Å²) in [5, 5.41) is 6.44. The Morgan fingerprint density at radius 3 is 2.59 bits per heavy atom. The van der Waals surface area contributed by atoms with Gasteiger partial charge in [-0.15, -0.1) is 24.0 Å². The van der Waals surface area contributed by atoms with Crippen LogP contribution in [0.1, 0.15) is 49.4 Å². The predicted molar refractivity (Wildman–Crippen MR) is 133 cm³/mol. The van der Waals surface area contributed by atoms with E-state index in [2.05, 4.69) is 27.8 Å². The molecule has 2 aromatic rings. The van der Waals surface area contributed by atoms with Crippen LogP contribution in [0.15, 0.2) is 47.5 Å². The zero-order chi connectivity index (χ0) is 22.1. The van der Waals surface area contributed by atoms with Gasteiger partial charge in [0.15, 0.2) is 17.6 Å². The molecule has 5 nitrogen and oxygen atoms in total. The maximum Gasteiger partial charge on any atom is 0.192 e. The fourth-order valence-corrected chi connectivity index (χ4v) is 3.43. The van der Waals surface area contributed by atoms with Crippen molar-refractivity contribution in [2.75, 3.05) is 19.8 Å². The molecule has 176 valence electrons. The molecule has 0 radical (unpaired) electrons. The highest BCUT2D eigenvalue weighted by Crippen LogP contribution is 2.17. The van der Waals surface area contributed by atoms with Gasteiger partial charge in [-0.05, 0) is 55.5 Å². The van der Waals surface area contributed by atoms with E-state index in [-0.39, 0.29) is 36.1 Å². The second-order valence-electron chi connectivity index (χ2n) is 7.68. The molecule has 1 heterocycles. The molecule has 1 fully saturated rings. The molecule has 3 rings (SSSR count). The summed E-state index contributed by atoms with van der Waals surface area (Å²) < 4.78 is 38.1. The van der Waals surface area contributed by atoms with E-state index >= 15 is 0 Å². The first kappa shape index (κ1) is 26.5. The van der Waals surface area contributed by atoms with Crippen molar-refractivity contribution in [3.05, 3.63) is 70.8 Å². The van der Waals surface area contributed by atoms with E-state index < -0.39 is 11.6 Å². The SMILES string of the molecule is CCNC(=NCc1cccc(COC2CCOCC2)c1)NC(C)c1ccc(F)c(F)c1.I. The Labute approximate surface area is 206 Å². The molecule has 0 aliphatic carbocycles. The van der Waals surface area contributed by atoms with Gasteiger partial charge in [-0.3, -0.25) is 0 Å². The minimum atomic E-state index is -0.854. The molecule has 1 unspecified atom stereocenters. The van der Waals surface area contributed by atoms with Crippen molar-refractivity contribution in [2.24, 2.45) is 4.99 Å². The van der Waals surface area contributed by atoms with Gasteiger partial charge >= 0.3 is 0 Å². The van der Waals surface area contributed by atoms with Crippen molar-refractivity contribution in [3.8, 4) is 0 Å². The van der Waals surface area contributed by atoms with E-state index in [1.165, 1.54) is 6.07 Å². The summed E-state index contributed by atoms with van der Waals surface area (Å²) in [6, 6.07) is 11.9. The smallest absolute Gasteiger partial charge is 0.192 e. The van der Waals surface area contributed by atoms with Gasteiger partial charge in [0.2, 0.25) is 0 Å². The molecule has 1 atom stereocenters. The summed E-state index contributed by atoms with van der Waals surface area (Å²) in [4.78, 5) is 4.65. The van der Waals surface area contributed by atoms with Gasteiger partial charge in [-0.25, -0.2) is 13.8 Å². The van der Waals surface area contributed by atoms with E-state index in [1.807, 2.05) is 26.0 Å². The van der Waals surface area contributed by atoms with E-state index in [9.17, 15) is 8.78 Å². The van der Waals surface area contributed by atoms with E-state index in [0.717, 1.165) is 43.2 Å². The number of nitrogens with zero attached hydrogens (tertiary/aromatic N) is 1. The fourth-order valence-electron chi connectivity index (χ4n) is 3.43. The van der Waals surface area contributed by atoms with Gasteiger partial charge in [-0.2, -0.15) is 0 Å². The number of guanidine groups is 1. The van der Waals surface area contributed by atoms with Crippen molar-refractivity contribution in [3.63, 3.8) is 0 Å². The summed E-state index contributed by atoms with van der Waals surface area (Å²) in [6.45, 7) is 7.15. The lowest BCUT2D eigenvalue weighted by Crippen LogP contribution is -2.38. The lowest BCUT2D eigenvalue weighted by Gasteiger charge is -2.22. The van der Waals surface area contributed by atoms with Crippen molar-refractivity contribution in [1.82, 2.24) is 10.6 Å². The first-order chi connectivity index (χ1) is 15.0. The van der Waals surface area contributed by atoms with Crippen LogP contribution in [-0.2, 0) is 22.6 Å². The minimum Gasteiger partial charge on any atom is -0.381 e. The Bertz CT molecular complexity index is 876. The standard InChI is InChI=1S/C24H31F2N3O2.HI/c1-3-27-24(29-17(2)20-7-8-22(25)23(26)14-20)28-15-18-5-4-6-19(13-18)16-31-21-9-11-30-12-10-21;/h4-8,13-14,17,21H,3,9-12,15-16H2,1-2H3,(H2,27,28,29);1H. The van der Waals surface area contributed by atoms with E-state index in [4.69, 9.17) is 9.47 Å². The van der Waals surface area contributed by atoms with Crippen LogP contribution in [0.5, 0.6) is 0 Å². The number of benzene rings is 2. The van der Waals surface area contributed by atoms with Gasteiger partial charge in [-0.1, -0.05) is 30.3 Å². The average molecular weight is 559 g/mol. The van der Waals surface area contributed by atoms with Crippen LogP contribution >= 0.6 is 24.0 Å². The molecule has 32 heavy (non-hydrogen) atoms. The van der Waals surface area contributed by atoms with Crippen LogP contribution in [0, 0.1) is 11.6 Å². The van der Waals surface area contributed by atoms with Gasteiger partial charge in [0, 0.05) is 19.8 Å². The molecule has 0 aromatic heterocycles. The van der Waals surface area contributed by atoms with Crippen LogP contribution in [0.4, 0.5) is 8.78 Å². The molecule has 1 saturated heterocycles. The second kappa shape index (κ2) is 13.7. The molecule has 0 amide bonds. The quantitative estimate of drug-likeness (QED) is 0.269. The Kier molecular flexibility index (Phi) is 11.3. The summed E-state index contributed by atoms with van der Waals surface area (Å²) >= 11 is 0. The first-order valence-electron chi connectivity index (χ1n) is 10.8. The van der Waals surface area contributed by atoms with Crippen LogP contribution in [0.2, 0.25) is 0 Å². The normalized spacial score (nSPS) is 15.7. The second-order valence-corrected chi connectivity index (χ2v) is 7.68. The molecule has 0 bridgehead atoms.